The number of hydrogen-bond acceptors (Lipinski definition) is 8. The van der Waals surface area contributed by atoms with Gasteiger partial charge in [0.25, 0.3) is 10.0 Å². The van der Waals surface area contributed by atoms with Gasteiger partial charge in [-0.15, -0.1) is 11.3 Å². The van der Waals surface area contributed by atoms with Crippen LogP contribution in [0.2, 0.25) is 0 Å². The van der Waals surface area contributed by atoms with Crippen LogP contribution < -0.4 is 14.4 Å². The number of hydrogen-bond donors (Lipinski definition) is 2. The van der Waals surface area contributed by atoms with Crippen LogP contribution in [0.5, 0.6) is 11.5 Å². The second-order valence-electron chi connectivity index (χ2n) is 9.98. The van der Waals surface area contributed by atoms with Crippen molar-refractivity contribution in [2.45, 2.75) is 43.7 Å². The third-order valence-electron chi connectivity index (χ3n) is 7.21. The molecule has 6 rings (SSSR count). The molecular formula is C28H26F2N4O4S2. The largest absolute Gasteiger partial charge is 0.504 e. The zero-order chi connectivity index (χ0) is 28.2. The molecule has 40 heavy (non-hydrogen) atoms. The van der Waals surface area contributed by atoms with E-state index in [9.17, 15) is 22.3 Å². The molecular weight excluding hydrogens is 558 g/mol. The van der Waals surface area contributed by atoms with Crippen molar-refractivity contribution in [2.75, 3.05) is 23.3 Å². The Balaban J connectivity index is 1.25. The SMILES string of the molecule is COc1ccc2c(c1O)CN(c1cnc(S(=O)(=O)Nc3nc(-c4ccc(F)c(F)c4)c(C4CC4)s3)c(C)c1)CC2. The average Bonchev–Trinajstić information content (AvgIpc) is 3.70. The Morgan fingerprint density at radius 2 is 1.95 bits per heavy atom. The Labute approximate surface area is 234 Å². The minimum absolute atomic E-state index is 0.106. The van der Waals surface area contributed by atoms with Crippen molar-refractivity contribution in [1.82, 2.24) is 9.97 Å². The molecule has 0 unspecified atom stereocenters. The van der Waals surface area contributed by atoms with Gasteiger partial charge in [0.1, 0.15) is 0 Å². The van der Waals surface area contributed by atoms with Gasteiger partial charge in [-0.1, -0.05) is 6.07 Å². The van der Waals surface area contributed by atoms with E-state index in [0.717, 1.165) is 46.7 Å². The molecule has 2 aromatic carbocycles. The smallest absolute Gasteiger partial charge is 0.281 e. The summed E-state index contributed by atoms with van der Waals surface area (Å²) in [5.41, 5.74) is 3.84. The maximum Gasteiger partial charge on any atom is 0.281 e. The minimum atomic E-state index is -4.08. The average molecular weight is 585 g/mol. The lowest BCUT2D eigenvalue weighted by Gasteiger charge is -2.31. The second kappa shape index (κ2) is 10.0. The predicted molar refractivity (Wildman–Crippen MR) is 149 cm³/mol. The van der Waals surface area contributed by atoms with Crippen molar-refractivity contribution < 1.29 is 27.0 Å². The summed E-state index contributed by atoms with van der Waals surface area (Å²) in [6.07, 6.45) is 4.08. The summed E-state index contributed by atoms with van der Waals surface area (Å²) in [7, 11) is -2.58. The van der Waals surface area contributed by atoms with Gasteiger partial charge in [-0.25, -0.2) is 18.7 Å². The van der Waals surface area contributed by atoms with E-state index in [1.165, 1.54) is 30.7 Å². The van der Waals surface area contributed by atoms with Crippen molar-refractivity contribution in [3.8, 4) is 22.8 Å². The molecule has 3 heterocycles. The summed E-state index contributed by atoms with van der Waals surface area (Å²) in [6, 6.07) is 9.01. The van der Waals surface area contributed by atoms with E-state index < -0.39 is 21.7 Å². The van der Waals surface area contributed by atoms with Gasteiger partial charge in [0.05, 0.1) is 24.7 Å². The molecule has 8 nitrogen and oxygen atoms in total. The number of sulfonamides is 1. The highest BCUT2D eigenvalue weighted by molar-refractivity contribution is 7.92. The number of halogens is 2. The number of ether oxygens (including phenoxy) is 1. The van der Waals surface area contributed by atoms with Gasteiger partial charge in [-0.2, -0.15) is 8.42 Å². The zero-order valence-electron chi connectivity index (χ0n) is 21.7. The van der Waals surface area contributed by atoms with Crippen molar-refractivity contribution in [3.63, 3.8) is 0 Å². The number of anilines is 2. The number of rotatable bonds is 7. The molecule has 0 saturated heterocycles. The number of phenols is 1. The molecule has 0 spiro atoms. The Kier molecular flexibility index (Phi) is 6.62. The number of methoxy groups -OCH3 is 1. The highest BCUT2D eigenvalue weighted by Gasteiger charge is 2.32. The van der Waals surface area contributed by atoms with Crippen molar-refractivity contribution in [2.24, 2.45) is 0 Å². The van der Waals surface area contributed by atoms with E-state index in [0.29, 0.717) is 42.1 Å². The molecule has 0 amide bonds. The molecule has 1 aliphatic carbocycles. The number of aromatic nitrogens is 2. The molecule has 2 aromatic heterocycles. The van der Waals surface area contributed by atoms with E-state index in [4.69, 9.17) is 4.74 Å². The van der Waals surface area contributed by atoms with Gasteiger partial charge < -0.3 is 14.7 Å². The minimum Gasteiger partial charge on any atom is -0.504 e. The van der Waals surface area contributed by atoms with Crippen molar-refractivity contribution >= 4 is 32.2 Å². The summed E-state index contributed by atoms with van der Waals surface area (Å²) in [6.45, 7) is 2.79. The first-order valence-corrected chi connectivity index (χ1v) is 15.0. The van der Waals surface area contributed by atoms with Crippen LogP contribution in [0.1, 0.15) is 40.3 Å². The maximum atomic E-state index is 13.9. The number of benzene rings is 2. The summed E-state index contributed by atoms with van der Waals surface area (Å²) >= 11 is 1.20. The van der Waals surface area contributed by atoms with Gasteiger partial charge >= 0.3 is 0 Å². The lowest BCUT2D eigenvalue weighted by molar-refractivity contribution is 0.369. The molecule has 1 saturated carbocycles. The first-order chi connectivity index (χ1) is 19.1. The molecule has 12 heteroatoms. The van der Waals surface area contributed by atoms with Crippen LogP contribution in [0, 0.1) is 18.6 Å². The fourth-order valence-electron chi connectivity index (χ4n) is 4.99. The third-order valence-corrected chi connectivity index (χ3v) is 9.88. The van der Waals surface area contributed by atoms with Crippen LogP contribution >= 0.6 is 11.3 Å². The van der Waals surface area contributed by atoms with Crippen LogP contribution in [0.3, 0.4) is 0 Å². The number of fused-ring (bicyclic) bond motifs is 1. The van der Waals surface area contributed by atoms with Crippen LogP contribution in [-0.4, -0.2) is 37.1 Å². The second-order valence-corrected chi connectivity index (χ2v) is 12.6. The number of phenolic OH excluding ortho intramolecular Hbond substituents is 1. The van der Waals surface area contributed by atoms with Crippen LogP contribution in [0.25, 0.3) is 11.3 Å². The molecule has 2 N–H and O–H groups in total. The highest BCUT2D eigenvalue weighted by Crippen LogP contribution is 2.48. The zero-order valence-corrected chi connectivity index (χ0v) is 23.4. The lowest BCUT2D eigenvalue weighted by Crippen LogP contribution is -2.30. The monoisotopic (exact) mass is 584 g/mol. The van der Waals surface area contributed by atoms with E-state index in [1.54, 1.807) is 19.1 Å². The first kappa shape index (κ1) is 26.5. The number of aromatic hydroxyl groups is 1. The molecule has 0 radical (unpaired) electrons. The molecule has 208 valence electrons. The number of thiazole rings is 1. The normalized spacial score (nSPS) is 15.2. The van der Waals surface area contributed by atoms with Gasteiger partial charge in [0.15, 0.2) is 33.3 Å². The van der Waals surface area contributed by atoms with Gasteiger partial charge in [0.2, 0.25) is 0 Å². The molecule has 0 atom stereocenters. The van der Waals surface area contributed by atoms with Gasteiger partial charge in [0, 0.05) is 29.1 Å². The number of aryl methyl sites for hydroxylation is 1. The lowest BCUT2D eigenvalue weighted by atomic mass is 9.98. The Morgan fingerprint density at radius 3 is 2.65 bits per heavy atom. The van der Waals surface area contributed by atoms with Crippen LogP contribution in [0.15, 0.2) is 47.6 Å². The molecule has 0 bridgehead atoms. The van der Waals surface area contributed by atoms with Crippen LogP contribution in [0.4, 0.5) is 19.6 Å². The fraction of sp³-hybridized carbons (Fsp3) is 0.286. The van der Waals surface area contributed by atoms with Crippen LogP contribution in [-0.2, 0) is 23.0 Å². The quantitative estimate of drug-likeness (QED) is 0.285. The third kappa shape index (κ3) is 4.86. The van der Waals surface area contributed by atoms with Crippen molar-refractivity contribution in [3.05, 3.63) is 75.8 Å². The van der Waals surface area contributed by atoms with E-state index in [1.807, 2.05) is 11.0 Å². The first-order valence-electron chi connectivity index (χ1n) is 12.7. The Hall–Kier alpha value is -3.77. The highest BCUT2D eigenvalue weighted by atomic mass is 32.2. The van der Waals surface area contributed by atoms with Gasteiger partial charge in [-0.05, 0) is 73.6 Å². The van der Waals surface area contributed by atoms with E-state index in [-0.39, 0.29) is 21.8 Å². The maximum absolute atomic E-state index is 13.9. The fourth-order valence-corrected chi connectivity index (χ4v) is 7.54. The molecule has 4 aromatic rings. The molecule has 1 aliphatic heterocycles. The summed E-state index contributed by atoms with van der Waals surface area (Å²) in [4.78, 5) is 11.6. The van der Waals surface area contributed by atoms with E-state index >= 15 is 0 Å². The Morgan fingerprint density at radius 1 is 1.15 bits per heavy atom. The van der Waals surface area contributed by atoms with Crippen molar-refractivity contribution in [1.29, 1.82) is 0 Å². The standard InChI is InChI=1S/C28H26F2N4O4S2/c1-15-11-19(34-10-9-16-6-8-23(38-2)25(35)20(16)14-34)13-31-27(15)40(36,37)33-28-32-24(26(39-28)17-3-4-17)18-5-7-21(29)22(30)12-18/h5-8,11-13,17,35H,3-4,9-10,14H2,1-2H3,(H,32,33). The Bertz CT molecular complexity index is 1740. The predicted octanol–water partition coefficient (Wildman–Crippen LogP) is 5.75. The summed E-state index contributed by atoms with van der Waals surface area (Å²) in [5.74, 6) is -1.21. The number of nitrogens with zero attached hydrogens (tertiary/aromatic N) is 3. The molecule has 1 fully saturated rings. The summed E-state index contributed by atoms with van der Waals surface area (Å²) < 4.78 is 61.9. The van der Waals surface area contributed by atoms with Gasteiger partial charge in [-0.3, -0.25) is 4.72 Å². The molecule has 2 aliphatic rings. The number of nitrogens with one attached hydrogen (secondary N) is 1. The topological polar surface area (TPSA) is 105 Å². The summed E-state index contributed by atoms with van der Waals surface area (Å²) in [5, 5.41) is 10.6. The number of pyridine rings is 1. The van der Waals surface area contributed by atoms with E-state index in [2.05, 4.69) is 14.7 Å².